The summed E-state index contributed by atoms with van der Waals surface area (Å²) in [5.41, 5.74) is 4.81. The number of anilines is 1. The summed E-state index contributed by atoms with van der Waals surface area (Å²) in [6, 6.07) is 16.6. The van der Waals surface area contributed by atoms with E-state index in [0.29, 0.717) is 6.42 Å². The molecule has 1 heterocycles. The Morgan fingerprint density at radius 1 is 1.06 bits per heavy atom. The minimum atomic E-state index is -0.616. The van der Waals surface area contributed by atoms with Crippen molar-refractivity contribution in [3.63, 3.8) is 0 Å². The van der Waals surface area contributed by atoms with Gasteiger partial charge in [-0.2, -0.15) is 0 Å². The van der Waals surface area contributed by atoms with Gasteiger partial charge in [0, 0.05) is 24.3 Å². The molecule has 31 heavy (non-hydrogen) atoms. The molecule has 4 heteroatoms. The Balaban J connectivity index is 1.91. The van der Waals surface area contributed by atoms with Gasteiger partial charge < -0.3 is 9.64 Å². The summed E-state index contributed by atoms with van der Waals surface area (Å²) in [6.07, 6.45) is 2.24. The first-order valence-electron chi connectivity index (χ1n) is 11.2. The highest BCUT2D eigenvalue weighted by molar-refractivity contribution is 6.03. The number of ether oxygens (including phenoxy) is 1. The molecule has 2 aromatic carbocycles. The number of nitrogens with zero attached hydrogens (tertiary/aromatic N) is 2. The molecule has 0 amide bonds. The van der Waals surface area contributed by atoms with Gasteiger partial charge in [-0.1, -0.05) is 35.4 Å². The van der Waals surface area contributed by atoms with E-state index in [2.05, 4.69) is 59.7 Å². The van der Waals surface area contributed by atoms with Crippen molar-refractivity contribution in [3.8, 4) is 0 Å². The normalized spacial score (nSPS) is 16.2. The second-order valence-electron chi connectivity index (χ2n) is 9.02. The number of morpholine rings is 1. The molecule has 0 aromatic heterocycles. The second kappa shape index (κ2) is 10.3. The number of aryl methyl sites for hydroxylation is 1. The van der Waals surface area contributed by atoms with E-state index in [0.717, 1.165) is 56.0 Å². The number of carbonyl (C=O) groups excluding carboxylic acids is 1. The largest absolute Gasteiger partial charge is 0.378 e. The van der Waals surface area contributed by atoms with Crippen molar-refractivity contribution in [1.29, 1.82) is 0 Å². The molecular weight excluding hydrogens is 384 g/mol. The average Bonchev–Trinajstić information content (AvgIpc) is 2.78. The van der Waals surface area contributed by atoms with Crippen LogP contribution in [0.15, 0.2) is 60.7 Å². The van der Waals surface area contributed by atoms with Crippen LogP contribution in [-0.2, 0) is 11.2 Å². The molecule has 0 saturated carbocycles. The molecule has 166 valence electrons. The molecule has 2 aromatic rings. The van der Waals surface area contributed by atoms with Gasteiger partial charge in [-0.25, -0.2) is 0 Å². The number of likely N-dealkylation sites (N-methyl/N-ethyl adjacent to an activating group) is 1. The standard InChI is InChI=1S/C27H36N2O2/c1-21(2)14-15-27(28(4)5,20-23-8-6-22(3)7-9-23)26(30)24-10-12-25(13-11-24)29-16-18-31-19-17-29/h6-13H,1,14-20H2,2-5H3. The van der Waals surface area contributed by atoms with Crippen LogP contribution in [0.25, 0.3) is 0 Å². The number of hydrogen-bond acceptors (Lipinski definition) is 4. The molecule has 1 saturated heterocycles. The highest BCUT2D eigenvalue weighted by atomic mass is 16.5. The first-order chi connectivity index (χ1) is 14.8. The summed E-state index contributed by atoms with van der Waals surface area (Å²) in [5.74, 6) is 0.174. The molecule has 1 fully saturated rings. The lowest BCUT2D eigenvalue weighted by Crippen LogP contribution is -2.53. The lowest BCUT2D eigenvalue weighted by atomic mass is 9.78. The molecule has 4 nitrogen and oxygen atoms in total. The number of ketones is 1. The van der Waals surface area contributed by atoms with Gasteiger partial charge in [0.05, 0.1) is 18.8 Å². The van der Waals surface area contributed by atoms with Crippen molar-refractivity contribution in [2.45, 2.75) is 38.6 Å². The lowest BCUT2D eigenvalue weighted by Gasteiger charge is -2.39. The number of hydrogen-bond donors (Lipinski definition) is 0. The molecule has 0 aliphatic carbocycles. The van der Waals surface area contributed by atoms with Crippen molar-refractivity contribution in [1.82, 2.24) is 4.90 Å². The highest BCUT2D eigenvalue weighted by Gasteiger charge is 2.40. The van der Waals surface area contributed by atoms with Crippen molar-refractivity contribution in [3.05, 3.63) is 77.4 Å². The van der Waals surface area contributed by atoms with E-state index in [4.69, 9.17) is 4.74 Å². The van der Waals surface area contributed by atoms with Gasteiger partial charge in [-0.15, -0.1) is 6.58 Å². The first kappa shape index (κ1) is 23.2. The molecule has 0 spiro atoms. The zero-order valence-corrected chi connectivity index (χ0v) is 19.5. The monoisotopic (exact) mass is 420 g/mol. The Labute approximate surface area is 187 Å². The minimum absolute atomic E-state index is 0.174. The van der Waals surface area contributed by atoms with Gasteiger partial charge in [-0.05, 0) is 77.0 Å². The predicted octanol–water partition coefficient (Wildman–Crippen LogP) is 4.91. The maximum absolute atomic E-state index is 14.0. The van der Waals surface area contributed by atoms with E-state index in [1.807, 2.05) is 33.2 Å². The number of benzene rings is 2. The maximum atomic E-state index is 14.0. The van der Waals surface area contributed by atoms with Gasteiger partial charge >= 0.3 is 0 Å². The molecule has 1 aliphatic rings. The zero-order valence-electron chi connectivity index (χ0n) is 19.5. The first-order valence-corrected chi connectivity index (χ1v) is 11.2. The van der Waals surface area contributed by atoms with Crippen molar-refractivity contribution in [2.75, 3.05) is 45.3 Å². The smallest absolute Gasteiger partial charge is 0.183 e. The van der Waals surface area contributed by atoms with E-state index in [1.165, 1.54) is 11.1 Å². The minimum Gasteiger partial charge on any atom is -0.378 e. The summed E-state index contributed by atoms with van der Waals surface area (Å²) in [4.78, 5) is 18.4. The van der Waals surface area contributed by atoms with E-state index < -0.39 is 5.54 Å². The average molecular weight is 421 g/mol. The third-order valence-electron chi connectivity index (χ3n) is 6.37. The van der Waals surface area contributed by atoms with Gasteiger partial charge in [0.2, 0.25) is 0 Å². The molecule has 3 rings (SSSR count). The Kier molecular flexibility index (Phi) is 7.69. The van der Waals surface area contributed by atoms with E-state index in [9.17, 15) is 4.79 Å². The highest BCUT2D eigenvalue weighted by Crippen LogP contribution is 2.31. The third-order valence-corrected chi connectivity index (χ3v) is 6.37. The molecular formula is C27H36N2O2. The van der Waals surface area contributed by atoms with Gasteiger partial charge in [0.1, 0.15) is 0 Å². The molecule has 1 atom stereocenters. The quantitative estimate of drug-likeness (QED) is 0.426. The fraction of sp³-hybridized carbons (Fsp3) is 0.444. The Hall–Kier alpha value is -2.43. The molecule has 1 unspecified atom stereocenters. The number of allylic oxidation sites excluding steroid dienone is 1. The lowest BCUT2D eigenvalue weighted by molar-refractivity contribution is 0.0654. The van der Waals surface area contributed by atoms with E-state index >= 15 is 0 Å². The molecule has 0 N–H and O–H groups in total. The van der Waals surface area contributed by atoms with E-state index in [1.54, 1.807) is 0 Å². The Bertz CT molecular complexity index is 880. The van der Waals surface area contributed by atoms with Crippen LogP contribution in [0.2, 0.25) is 0 Å². The van der Waals surface area contributed by atoms with Crippen LogP contribution in [0, 0.1) is 6.92 Å². The van der Waals surface area contributed by atoms with Crippen LogP contribution in [0.5, 0.6) is 0 Å². The third kappa shape index (κ3) is 5.63. The second-order valence-corrected chi connectivity index (χ2v) is 9.02. The molecule has 0 bridgehead atoms. The van der Waals surface area contributed by atoms with Crippen molar-refractivity contribution in [2.24, 2.45) is 0 Å². The van der Waals surface area contributed by atoms with Crippen LogP contribution in [0.1, 0.15) is 41.3 Å². The SMILES string of the molecule is C=C(C)CCC(Cc1ccc(C)cc1)(C(=O)c1ccc(N2CCOCC2)cc1)N(C)C. The maximum Gasteiger partial charge on any atom is 0.183 e. The van der Waals surface area contributed by atoms with Gasteiger partial charge in [0.15, 0.2) is 5.78 Å². The number of Topliss-reactive ketones (excluding diaryl/α,β-unsaturated/α-hetero) is 1. The van der Waals surface area contributed by atoms with Crippen LogP contribution < -0.4 is 4.90 Å². The fourth-order valence-electron chi connectivity index (χ4n) is 4.24. The predicted molar refractivity (Wildman–Crippen MR) is 129 cm³/mol. The summed E-state index contributed by atoms with van der Waals surface area (Å²) in [6.45, 7) is 11.5. The van der Waals surface area contributed by atoms with Crippen LogP contribution in [0.4, 0.5) is 5.69 Å². The van der Waals surface area contributed by atoms with Crippen LogP contribution in [-0.4, -0.2) is 56.6 Å². The Morgan fingerprint density at radius 3 is 2.23 bits per heavy atom. The van der Waals surface area contributed by atoms with Gasteiger partial charge in [-0.3, -0.25) is 9.69 Å². The summed E-state index contributed by atoms with van der Waals surface area (Å²) < 4.78 is 5.46. The zero-order chi connectivity index (χ0) is 22.4. The molecule has 1 aliphatic heterocycles. The van der Waals surface area contributed by atoms with Gasteiger partial charge in [0.25, 0.3) is 0 Å². The van der Waals surface area contributed by atoms with Crippen molar-refractivity contribution < 1.29 is 9.53 Å². The van der Waals surface area contributed by atoms with Crippen molar-refractivity contribution >= 4 is 11.5 Å². The molecule has 0 radical (unpaired) electrons. The Morgan fingerprint density at radius 2 is 1.68 bits per heavy atom. The van der Waals surface area contributed by atoms with Crippen LogP contribution in [0.3, 0.4) is 0 Å². The summed E-state index contributed by atoms with van der Waals surface area (Å²) in [7, 11) is 4.04. The number of carbonyl (C=O) groups is 1. The number of rotatable bonds is 9. The topological polar surface area (TPSA) is 32.8 Å². The van der Waals surface area contributed by atoms with Crippen LogP contribution >= 0.6 is 0 Å². The fourth-order valence-corrected chi connectivity index (χ4v) is 4.24. The van der Waals surface area contributed by atoms with E-state index in [-0.39, 0.29) is 5.78 Å². The summed E-state index contributed by atoms with van der Waals surface area (Å²) >= 11 is 0. The summed E-state index contributed by atoms with van der Waals surface area (Å²) in [5, 5.41) is 0.